The summed E-state index contributed by atoms with van der Waals surface area (Å²) in [6.45, 7) is 4.09. The van der Waals surface area contributed by atoms with E-state index >= 15 is 0 Å². The van der Waals surface area contributed by atoms with Crippen molar-refractivity contribution in [1.29, 1.82) is 0 Å². The van der Waals surface area contributed by atoms with Gasteiger partial charge in [-0.15, -0.1) is 0 Å². The quantitative estimate of drug-likeness (QED) is 0.406. The molecule has 0 radical (unpaired) electrons. The molecule has 0 atom stereocenters. The number of benzene rings is 4. The smallest absolute Gasteiger partial charge is 0.262 e. The fourth-order valence-electron chi connectivity index (χ4n) is 3.72. The van der Waals surface area contributed by atoms with Crippen LogP contribution in [-0.4, -0.2) is 18.4 Å². The first kappa shape index (κ1) is 22.1. The maximum atomic E-state index is 13.0. The lowest BCUT2D eigenvalue weighted by atomic mass is 10.1. The van der Waals surface area contributed by atoms with Gasteiger partial charge in [-0.3, -0.25) is 9.59 Å². The van der Waals surface area contributed by atoms with Crippen LogP contribution in [-0.2, 0) is 11.3 Å². The highest BCUT2D eigenvalue weighted by Crippen LogP contribution is 2.27. The Morgan fingerprint density at radius 2 is 1.42 bits per heavy atom. The third-order valence-electron chi connectivity index (χ3n) is 5.49. The van der Waals surface area contributed by atoms with Crippen LogP contribution in [0.1, 0.15) is 27.0 Å². The van der Waals surface area contributed by atoms with E-state index in [0.29, 0.717) is 17.9 Å². The third-order valence-corrected chi connectivity index (χ3v) is 5.49. The lowest BCUT2D eigenvalue weighted by Crippen LogP contribution is -2.25. The van der Waals surface area contributed by atoms with E-state index in [1.54, 1.807) is 12.1 Å². The average molecular weight is 439 g/mol. The second-order valence-corrected chi connectivity index (χ2v) is 7.97. The number of anilines is 1. The molecule has 0 saturated carbocycles. The van der Waals surface area contributed by atoms with Crippen LogP contribution in [0.3, 0.4) is 0 Å². The Morgan fingerprint density at radius 3 is 2.12 bits per heavy atom. The molecule has 0 heterocycles. The molecule has 0 unspecified atom stereocenters. The first-order valence-corrected chi connectivity index (χ1v) is 10.8. The van der Waals surface area contributed by atoms with Crippen LogP contribution in [0.4, 0.5) is 5.69 Å². The van der Waals surface area contributed by atoms with Crippen LogP contribution < -0.4 is 15.4 Å². The van der Waals surface area contributed by atoms with Gasteiger partial charge < -0.3 is 15.4 Å². The highest BCUT2D eigenvalue weighted by molar-refractivity contribution is 6.02. The van der Waals surface area contributed by atoms with Gasteiger partial charge in [0.2, 0.25) is 0 Å². The summed E-state index contributed by atoms with van der Waals surface area (Å²) in [5.41, 5.74) is 4.14. The maximum absolute atomic E-state index is 13.0. The van der Waals surface area contributed by atoms with E-state index in [-0.39, 0.29) is 18.4 Å². The predicted molar refractivity (Wildman–Crippen MR) is 132 cm³/mol. The number of rotatable bonds is 7. The minimum atomic E-state index is -0.281. The van der Waals surface area contributed by atoms with Crippen molar-refractivity contribution in [2.45, 2.75) is 20.4 Å². The molecule has 166 valence electrons. The number of ether oxygens (including phenoxy) is 1. The van der Waals surface area contributed by atoms with Gasteiger partial charge in [0.25, 0.3) is 11.8 Å². The number of amides is 2. The molecular formula is C28H26N2O3. The molecule has 0 aromatic heterocycles. The summed E-state index contributed by atoms with van der Waals surface area (Å²) >= 11 is 0. The van der Waals surface area contributed by atoms with Gasteiger partial charge in [0.05, 0.1) is 5.56 Å². The van der Waals surface area contributed by atoms with Crippen LogP contribution in [0.25, 0.3) is 10.8 Å². The molecule has 0 aliphatic heterocycles. The summed E-state index contributed by atoms with van der Waals surface area (Å²) in [5.74, 6) is -0.165. The molecule has 4 aromatic rings. The van der Waals surface area contributed by atoms with Crippen LogP contribution in [0, 0.1) is 13.8 Å². The summed E-state index contributed by atoms with van der Waals surface area (Å²) in [5, 5.41) is 7.72. The molecule has 0 saturated heterocycles. The topological polar surface area (TPSA) is 67.4 Å². The molecule has 0 fully saturated rings. The number of hydrogen-bond donors (Lipinski definition) is 2. The molecule has 4 rings (SSSR count). The van der Waals surface area contributed by atoms with E-state index in [9.17, 15) is 9.59 Å². The number of nitrogens with one attached hydrogen (secondary N) is 2. The Labute approximate surface area is 193 Å². The normalized spacial score (nSPS) is 10.6. The predicted octanol–water partition coefficient (Wildman–Crippen LogP) is 5.40. The lowest BCUT2D eigenvalue weighted by Gasteiger charge is -2.15. The minimum Gasteiger partial charge on any atom is -0.483 e. The summed E-state index contributed by atoms with van der Waals surface area (Å²) in [6, 6.07) is 26.9. The van der Waals surface area contributed by atoms with Crippen molar-refractivity contribution in [2.24, 2.45) is 0 Å². The zero-order chi connectivity index (χ0) is 23.2. The van der Waals surface area contributed by atoms with Crippen molar-refractivity contribution in [2.75, 3.05) is 11.9 Å². The number of aryl methyl sites for hydroxylation is 2. The number of carbonyl (C=O) groups is 2. The molecule has 2 amide bonds. The van der Waals surface area contributed by atoms with Gasteiger partial charge in [0, 0.05) is 12.2 Å². The van der Waals surface area contributed by atoms with E-state index in [0.717, 1.165) is 33.2 Å². The van der Waals surface area contributed by atoms with Crippen LogP contribution >= 0.6 is 0 Å². The average Bonchev–Trinajstić information content (AvgIpc) is 2.83. The van der Waals surface area contributed by atoms with Crippen molar-refractivity contribution >= 4 is 28.3 Å². The second kappa shape index (κ2) is 10.0. The van der Waals surface area contributed by atoms with Crippen molar-refractivity contribution < 1.29 is 14.3 Å². The van der Waals surface area contributed by atoms with Gasteiger partial charge in [-0.2, -0.15) is 0 Å². The van der Waals surface area contributed by atoms with Crippen LogP contribution in [0.15, 0.2) is 84.9 Å². The third kappa shape index (κ3) is 5.39. The Balaban J connectivity index is 1.53. The number of fused-ring (bicyclic) bond motifs is 1. The Kier molecular flexibility index (Phi) is 6.69. The van der Waals surface area contributed by atoms with E-state index < -0.39 is 0 Å². The van der Waals surface area contributed by atoms with Crippen LogP contribution in [0.2, 0.25) is 0 Å². The van der Waals surface area contributed by atoms with E-state index in [2.05, 4.69) is 10.6 Å². The molecule has 2 N–H and O–H groups in total. The van der Waals surface area contributed by atoms with Gasteiger partial charge in [-0.25, -0.2) is 0 Å². The molecular weight excluding hydrogens is 412 g/mol. The zero-order valence-corrected chi connectivity index (χ0v) is 18.7. The highest BCUT2D eigenvalue weighted by Gasteiger charge is 2.16. The van der Waals surface area contributed by atoms with Gasteiger partial charge in [0.1, 0.15) is 5.75 Å². The summed E-state index contributed by atoms with van der Waals surface area (Å²) in [6.07, 6.45) is 0. The highest BCUT2D eigenvalue weighted by atomic mass is 16.5. The van der Waals surface area contributed by atoms with Gasteiger partial charge >= 0.3 is 0 Å². The standard InChI is InChI=1S/C28H26N2O3/c1-19-9-8-10-20(2)27(19)30-26(31)18-33-25-16-23-14-7-6-13-22(23)15-24(25)28(32)29-17-21-11-4-3-5-12-21/h3-16H,17-18H2,1-2H3,(H,29,32)(H,30,31). The zero-order valence-electron chi connectivity index (χ0n) is 18.7. The molecule has 0 bridgehead atoms. The fourth-order valence-corrected chi connectivity index (χ4v) is 3.72. The van der Waals surface area contributed by atoms with Gasteiger partial charge in [0.15, 0.2) is 6.61 Å². The number of para-hydroxylation sites is 1. The van der Waals surface area contributed by atoms with E-state index in [1.807, 2.05) is 86.6 Å². The van der Waals surface area contributed by atoms with Crippen molar-refractivity contribution in [1.82, 2.24) is 5.32 Å². The minimum absolute atomic E-state index is 0.203. The van der Waals surface area contributed by atoms with E-state index in [4.69, 9.17) is 4.74 Å². The molecule has 0 spiro atoms. The summed E-state index contributed by atoms with van der Waals surface area (Å²) in [4.78, 5) is 25.6. The van der Waals surface area contributed by atoms with Crippen molar-refractivity contribution in [3.8, 4) is 5.75 Å². The van der Waals surface area contributed by atoms with Crippen molar-refractivity contribution in [3.63, 3.8) is 0 Å². The summed E-state index contributed by atoms with van der Waals surface area (Å²) in [7, 11) is 0. The van der Waals surface area contributed by atoms with Gasteiger partial charge in [-0.1, -0.05) is 72.8 Å². The maximum Gasteiger partial charge on any atom is 0.262 e. The van der Waals surface area contributed by atoms with Crippen LogP contribution in [0.5, 0.6) is 5.75 Å². The number of hydrogen-bond acceptors (Lipinski definition) is 3. The molecule has 4 aromatic carbocycles. The first-order chi connectivity index (χ1) is 16.0. The lowest BCUT2D eigenvalue weighted by molar-refractivity contribution is -0.118. The molecule has 5 heteroatoms. The summed E-state index contributed by atoms with van der Waals surface area (Å²) < 4.78 is 5.86. The first-order valence-electron chi connectivity index (χ1n) is 10.8. The second-order valence-electron chi connectivity index (χ2n) is 7.97. The largest absolute Gasteiger partial charge is 0.483 e. The SMILES string of the molecule is Cc1cccc(C)c1NC(=O)COc1cc2ccccc2cc1C(=O)NCc1ccccc1. The van der Waals surface area contributed by atoms with Crippen molar-refractivity contribution in [3.05, 3.63) is 107 Å². The fraction of sp³-hybridized carbons (Fsp3) is 0.143. The Morgan fingerprint density at radius 1 is 0.788 bits per heavy atom. The molecule has 0 aliphatic carbocycles. The van der Waals surface area contributed by atoms with Gasteiger partial charge in [-0.05, 0) is 53.4 Å². The molecule has 33 heavy (non-hydrogen) atoms. The Hall–Kier alpha value is -4.12. The Bertz CT molecular complexity index is 1280. The molecule has 5 nitrogen and oxygen atoms in total. The van der Waals surface area contributed by atoms with E-state index in [1.165, 1.54) is 0 Å². The monoisotopic (exact) mass is 438 g/mol. The number of carbonyl (C=O) groups excluding carboxylic acids is 2. The molecule has 0 aliphatic rings.